The molecule has 1 aromatic carbocycles. The van der Waals surface area contributed by atoms with Crippen molar-refractivity contribution in [2.45, 2.75) is 44.4 Å². The largest absolute Gasteiger partial charge is 0.487 e. The number of hydrogen-bond acceptors (Lipinski definition) is 6. The number of likely N-dealkylation sites (N-methyl/N-ethyl adjacent to an activating group) is 1. The van der Waals surface area contributed by atoms with Crippen molar-refractivity contribution in [3.63, 3.8) is 0 Å². The lowest BCUT2D eigenvalue weighted by Gasteiger charge is -2.37. The zero-order chi connectivity index (χ0) is 23.3. The molecule has 3 rings (SSSR count). The van der Waals surface area contributed by atoms with Crippen molar-refractivity contribution in [1.29, 1.82) is 0 Å². The highest BCUT2D eigenvalue weighted by Crippen LogP contribution is 2.34. The van der Waals surface area contributed by atoms with E-state index in [1.54, 1.807) is 31.3 Å². The number of pyridine rings is 1. The predicted molar refractivity (Wildman–Crippen MR) is 126 cm³/mol. The number of aliphatic hydroxyl groups is 1. The lowest BCUT2D eigenvalue weighted by atomic mass is 10.0. The molecule has 174 valence electrons. The Labute approximate surface area is 191 Å². The highest BCUT2D eigenvalue weighted by Gasteiger charge is 2.38. The number of aromatic nitrogens is 1. The van der Waals surface area contributed by atoms with E-state index >= 15 is 0 Å². The van der Waals surface area contributed by atoms with E-state index in [1.807, 2.05) is 51.2 Å². The van der Waals surface area contributed by atoms with Crippen LogP contribution in [0.15, 0.2) is 53.6 Å². The van der Waals surface area contributed by atoms with Gasteiger partial charge in [-0.1, -0.05) is 31.2 Å². The normalized spacial score (nSPS) is 22.2. The number of aliphatic hydroxyl groups excluding tert-OH is 1. The Hall–Kier alpha value is -2.26. The van der Waals surface area contributed by atoms with Crippen molar-refractivity contribution in [2.75, 3.05) is 26.7 Å². The van der Waals surface area contributed by atoms with Crippen LogP contribution in [-0.2, 0) is 16.6 Å². The zero-order valence-electron chi connectivity index (χ0n) is 19.2. The summed E-state index contributed by atoms with van der Waals surface area (Å²) in [5.74, 6) is 0.252. The number of nitrogens with zero attached hydrogens (tertiary/aromatic N) is 3. The van der Waals surface area contributed by atoms with Crippen molar-refractivity contribution in [2.24, 2.45) is 5.92 Å². The van der Waals surface area contributed by atoms with Gasteiger partial charge >= 0.3 is 0 Å². The van der Waals surface area contributed by atoms with Crippen LogP contribution >= 0.6 is 0 Å². The first-order chi connectivity index (χ1) is 15.3. The van der Waals surface area contributed by atoms with E-state index in [1.165, 1.54) is 4.31 Å². The molecule has 1 aromatic heterocycles. The molecule has 0 radical (unpaired) electrons. The second kappa shape index (κ2) is 10.6. The highest BCUT2D eigenvalue weighted by atomic mass is 32.2. The molecule has 0 amide bonds. The average Bonchev–Trinajstić information content (AvgIpc) is 2.76. The van der Waals surface area contributed by atoms with Gasteiger partial charge in [0.15, 0.2) is 0 Å². The number of rotatable bonds is 7. The first kappa shape index (κ1) is 24.4. The van der Waals surface area contributed by atoms with Gasteiger partial charge in [0.2, 0.25) is 10.0 Å². The van der Waals surface area contributed by atoms with E-state index < -0.39 is 16.1 Å². The van der Waals surface area contributed by atoms with E-state index in [0.29, 0.717) is 18.8 Å². The van der Waals surface area contributed by atoms with Crippen molar-refractivity contribution in [3.05, 3.63) is 59.9 Å². The zero-order valence-corrected chi connectivity index (χ0v) is 20.0. The van der Waals surface area contributed by atoms with Crippen LogP contribution in [0.3, 0.4) is 0 Å². The summed E-state index contributed by atoms with van der Waals surface area (Å²) in [6.45, 7) is 6.91. The van der Waals surface area contributed by atoms with Crippen LogP contribution in [0.1, 0.15) is 32.0 Å². The van der Waals surface area contributed by atoms with Crippen molar-refractivity contribution in [1.82, 2.24) is 14.2 Å². The summed E-state index contributed by atoms with van der Waals surface area (Å²) in [5.41, 5.74) is 1.83. The van der Waals surface area contributed by atoms with Crippen molar-refractivity contribution >= 4 is 16.1 Å². The number of fused-ring (bicyclic) bond motifs is 1. The molecular weight excluding hydrogens is 426 g/mol. The third-order valence-electron chi connectivity index (χ3n) is 5.70. The van der Waals surface area contributed by atoms with Gasteiger partial charge < -0.3 is 9.84 Å². The lowest BCUT2D eigenvalue weighted by Crippen LogP contribution is -2.49. The summed E-state index contributed by atoms with van der Waals surface area (Å²) in [6.07, 6.45) is 5.34. The molecule has 0 bridgehead atoms. The van der Waals surface area contributed by atoms with Gasteiger partial charge in [0.25, 0.3) is 0 Å². The molecule has 0 unspecified atom stereocenters. The van der Waals surface area contributed by atoms with Crippen molar-refractivity contribution < 1.29 is 18.3 Å². The van der Waals surface area contributed by atoms with Gasteiger partial charge in [-0.15, -0.1) is 0 Å². The summed E-state index contributed by atoms with van der Waals surface area (Å²) in [4.78, 5) is 6.66. The smallest absolute Gasteiger partial charge is 0.247 e. The van der Waals surface area contributed by atoms with Crippen LogP contribution < -0.4 is 4.74 Å². The van der Waals surface area contributed by atoms with Crippen LogP contribution in [0.2, 0.25) is 0 Å². The number of sulfonamides is 1. The van der Waals surface area contributed by atoms with E-state index in [9.17, 15) is 13.5 Å². The minimum Gasteiger partial charge on any atom is -0.487 e. The topological polar surface area (TPSA) is 83.0 Å². The molecule has 0 saturated carbocycles. The molecule has 2 aromatic rings. The Bertz CT molecular complexity index is 1030. The molecule has 7 nitrogen and oxygen atoms in total. The van der Waals surface area contributed by atoms with Gasteiger partial charge in [-0.25, -0.2) is 8.42 Å². The fourth-order valence-electron chi connectivity index (χ4n) is 3.90. The summed E-state index contributed by atoms with van der Waals surface area (Å²) < 4.78 is 34.7. The average molecular weight is 460 g/mol. The number of hydrogen-bond donors (Lipinski definition) is 1. The molecule has 0 saturated heterocycles. The number of ether oxygens (including phenoxy) is 1. The fourth-order valence-corrected chi connectivity index (χ4v) is 5.72. The molecule has 0 aliphatic carbocycles. The fraction of sp³-hybridized carbons (Fsp3) is 0.458. The van der Waals surface area contributed by atoms with Crippen LogP contribution in [0.4, 0.5) is 0 Å². The Morgan fingerprint density at radius 1 is 1.34 bits per heavy atom. The molecule has 32 heavy (non-hydrogen) atoms. The monoisotopic (exact) mass is 459 g/mol. The van der Waals surface area contributed by atoms with E-state index in [2.05, 4.69) is 9.88 Å². The van der Waals surface area contributed by atoms with Gasteiger partial charge in [-0.05, 0) is 50.7 Å². The van der Waals surface area contributed by atoms with E-state index in [-0.39, 0.29) is 30.1 Å². The molecular formula is C24H33N3O4S. The minimum absolute atomic E-state index is 0.0940. The second-order valence-electron chi connectivity index (χ2n) is 8.46. The predicted octanol–water partition coefficient (Wildman–Crippen LogP) is 3.02. The first-order valence-corrected chi connectivity index (χ1v) is 12.3. The maximum Gasteiger partial charge on any atom is 0.247 e. The molecule has 1 N–H and O–H groups in total. The molecule has 3 atom stereocenters. The second-order valence-corrected chi connectivity index (χ2v) is 10.3. The quantitative estimate of drug-likeness (QED) is 0.685. The summed E-state index contributed by atoms with van der Waals surface area (Å²) in [5, 5.41) is 9.74. The van der Waals surface area contributed by atoms with Gasteiger partial charge in [0.1, 0.15) is 16.7 Å². The van der Waals surface area contributed by atoms with Gasteiger partial charge in [-0.2, -0.15) is 4.31 Å². The summed E-state index contributed by atoms with van der Waals surface area (Å²) >= 11 is 0. The van der Waals surface area contributed by atoms with Crippen LogP contribution in [0, 0.1) is 5.92 Å². The van der Waals surface area contributed by atoms with Crippen LogP contribution in [0.5, 0.6) is 5.75 Å². The van der Waals surface area contributed by atoms with Crippen LogP contribution in [-0.4, -0.2) is 66.6 Å². The Kier molecular flexibility index (Phi) is 8.05. The van der Waals surface area contributed by atoms with Crippen LogP contribution in [0.25, 0.3) is 6.08 Å². The maximum atomic E-state index is 13.5. The standard InChI is InChI=1S/C24H33N3O4S/c1-5-8-20-10-11-24-22(13-20)31-23(16-26(4)15-21-9-6-7-12-25-21)18(2)14-27(19(3)17-28)32(24,29)30/h5-13,18-19,23,28H,14-17H2,1-4H3/b8-5+/t18-,19+,23-/m1/s1. The molecule has 1 aliphatic rings. The molecule has 1 aliphatic heterocycles. The van der Waals surface area contributed by atoms with Crippen molar-refractivity contribution in [3.8, 4) is 5.75 Å². The minimum atomic E-state index is -3.82. The highest BCUT2D eigenvalue weighted by molar-refractivity contribution is 7.89. The SMILES string of the molecule is C/C=C/c1ccc2c(c1)O[C@H](CN(C)Cc1ccccn1)[C@H](C)CN([C@@H](C)CO)S2(=O)=O. The summed E-state index contributed by atoms with van der Waals surface area (Å²) in [7, 11) is -1.81. The first-order valence-electron chi connectivity index (χ1n) is 10.9. The van der Waals surface area contributed by atoms with E-state index in [0.717, 1.165) is 11.3 Å². The third-order valence-corrected chi connectivity index (χ3v) is 7.72. The Morgan fingerprint density at radius 3 is 2.78 bits per heavy atom. The molecule has 8 heteroatoms. The number of allylic oxidation sites excluding steroid dienone is 1. The molecule has 0 spiro atoms. The molecule has 2 heterocycles. The van der Waals surface area contributed by atoms with Gasteiger partial charge in [0.05, 0.1) is 12.3 Å². The third kappa shape index (κ3) is 5.56. The maximum absolute atomic E-state index is 13.5. The number of benzene rings is 1. The lowest BCUT2D eigenvalue weighted by molar-refractivity contribution is 0.0730. The van der Waals surface area contributed by atoms with Gasteiger partial charge in [-0.3, -0.25) is 9.88 Å². The summed E-state index contributed by atoms with van der Waals surface area (Å²) in [6, 6.07) is 10.4. The van der Waals surface area contributed by atoms with Gasteiger partial charge in [0, 0.05) is 37.8 Å². The molecule has 0 fully saturated rings. The Morgan fingerprint density at radius 2 is 2.12 bits per heavy atom. The Balaban J connectivity index is 1.97. The van der Waals surface area contributed by atoms with E-state index in [4.69, 9.17) is 4.74 Å².